The van der Waals surface area contributed by atoms with Gasteiger partial charge >= 0.3 is 0 Å². The molecule has 0 radical (unpaired) electrons. The molecular weight excluding hydrogens is 390 g/mol. The minimum absolute atomic E-state index is 0.229. The molecule has 29 heavy (non-hydrogen) atoms. The number of nitrogens with two attached hydrogens (primary N) is 1. The van der Waals surface area contributed by atoms with Crippen LogP contribution in [0.4, 0.5) is 5.82 Å². The second-order valence-electron chi connectivity index (χ2n) is 7.40. The van der Waals surface area contributed by atoms with Crippen molar-refractivity contribution in [1.29, 1.82) is 0 Å². The van der Waals surface area contributed by atoms with Gasteiger partial charge in [-0.05, 0) is 30.9 Å². The number of hydrogen-bond donors (Lipinski definition) is 2. The summed E-state index contributed by atoms with van der Waals surface area (Å²) in [5, 5.41) is 0. The van der Waals surface area contributed by atoms with E-state index < -0.39 is 10.0 Å². The fourth-order valence-corrected chi connectivity index (χ4v) is 5.03. The highest BCUT2D eigenvalue weighted by atomic mass is 32.2. The van der Waals surface area contributed by atoms with Crippen LogP contribution in [0.1, 0.15) is 33.1 Å². The first-order valence-electron chi connectivity index (χ1n) is 9.71. The Morgan fingerprint density at radius 3 is 2.62 bits per heavy atom. The molecule has 156 valence electrons. The minimum Gasteiger partial charge on any atom is -0.383 e. The van der Waals surface area contributed by atoms with Gasteiger partial charge in [0.25, 0.3) is 0 Å². The molecule has 0 atom stereocenters. The maximum Gasteiger partial charge on any atom is 0.214 e. The Bertz CT molecular complexity index is 1040. The topological polar surface area (TPSA) is 131 Å². The monoisotopic (exact) mass is 417 g/mol. The molecule has 3 aromatic heterocycles. The van der Waals surface area contributed by atoms with Gasteiger partial charge in [0.15, 0.2) is 11.3 Å². The Labute approximate surface area is 170 Å². The van der Waals surface area contributed by atoms with E-state index in [1.807, 2.05) is 26.0 Å². The molecule has 1 aliphatic heterocycles. The number of aromatic nitrogens is 5. The van der Waals surface area contributed by atoms with Crippen LogP contribution in [-0.2, 0) is 10.0 Å². The first-order valence-corrected chi connectivity index (χ1v) is 11.3. The van der Waals surface area contributed by atoms with Gasteiger partial charge in [-0.2, -0.15) is 0 Å². The van der Waals surface area contributed by atoms with Gasteiger partial charge in [-0.25, -0.2) is 32.7 Å². The average molecular weight is 418 g/mol. The van der Waals surface area contributed by atoms with E-state index in [9.17, 15) is 8.42 Å². The zero-order chi connectivity index (χ0) is 20.9. The summed E-state index contributed by atoms with van der Waals surface area (Å²) in [6.45, 7) is 5.35. The van der Waals surface area contributed by atoms with Crippen LogP contribution in [0.2, 0.25) is 0 Å². The average Bonchev–Trinajstić information content (AvgIpc) is 3.16. The summed E-state index contributed by atoms with van der Waals surface area (Å²) >= 11 is 0. The molecule has 1 saturated heterocycles. The van der Waals surface area contributed by atoms with Crippen molar-refractivity contribution < 1.29 is 8.42 Å². The third-order valence-electron chi connectivity index (χ3n) is 4.51. The lowest BCUT2D eigenvalue weighted by molar-refractivity contribution is 0.344. The van der Waals surface area contributed by atoms with Gasteiger partial charge in [0.2, 0.25) is 10.0 Å². The van der Waals surface area contributed by atoms with Crippen LogP contribution in [0, 0.1) is 5.92 Å². The van der Waals surface area contributed by atoms with Crippen molar-refractivity contribution in [2.24, 2.45) is 5.92 Å². The summed E-state index contributed by atoms with van der Waals surface area (Å²) in [5.74, 6) is 0.968. The van der Waals surface area contributed by atoms with Crippen LogP contribution in [0.3, 0.4) is 0 Å². The van der Waals surface area contributed by atoms with Gasteiger partial charge in [-0.3, -0.25) is 0 Å². The molecule has 4 heterocycles. The fraction of sp³-hybridized carbons (Fsp3) is 0.474. The van der Waals surface area contributed by atoms with Crippen molar-refractivity contribution in [2.45, 2.75) is 33.1 Å². The Hall–Kier alpha value is -2.59. The molecule has 0 unspecified atom stereocenters. The molecule has 0 amide bonds. The number of imidazole rings is 1. The fourth-order valence-electron chi connectivity index (χ4n) is 3.16. The molecule has 0 bridgehead atoms. The predicted molar refractivity (Wildman–Crippen MR) is 113 cm³/mol. The van der Waals surface area contributed by atoms with Gasteiger partial charge in [0.05, 0.1) is 24.0 Å². The summed E-state index contributed by atoms with van der Waals surface area (Å²) in [7, 11) is -2.95. The number of nitrogens with one attached hydrogen (secondary N) is 1. The summed E-state index contributed by atoms with van der Waals surface area (Å²) in [5.41, 5.74) is 8.45. The Balaban J connectivity index is 0.000000170. The van der Waals surface area contributed by atoms with Gasteiger partial charge in [0, 0.05) is 24.8 Å². The smallest absolute Gasteiger partial charge is 0.214 e. The van der Waals surface area contributed by atoms with Gasteiger partial charge < -0.3 is 10.7 Å². The molecular formula is C19H27N7O2S. The number of aromatic amines is 1. The number of fused-ring (bicyclic) bond motifs is 1. The van der Waals surface area contributed by atoms with Crippen LogP contribution < -0.4 is 5.73 Å². The first kappa shape index (κ1) is 21.1. The van der Waals surface area contributed by atoms with Crippen LogP contribution in [0.5, 0.6) is 0 Å². The summed E-state index contributed by atoms with van der Waals surface area (Å²) in [6.07, 6.45) is 8.06. The summed E-state index contributed by atoms with van der Waals surface area (Å²) in [6, 6.07) is 3.67. The molecule has 0 aliphatic carbocycles. The maximum absolute atomic E-state index is 11.7. The Morgan fingerprint density at radius 2 is 1.93 bits per heavy atom. The molecule has 0 saturated carbocycles. The van der Waals surface area contributed by atoms with E-state index in [1.165, 1.54) is 6.42 Å². The lowest BCUT2D eigenvalue weighted by Gasteiger charge is -2.26. The zero-order valence-electron chi connectivity index (χ0n) is 16.7. The van der Waals surface area contributed by atoms with Crippen LogP contribution in [0.15, 0.2) is 30.9 Å². The predicted octanol–water partition coefficient (Wildman–Crippen LogP) is 2.46. The summed E-state index contributed by atoms with van der Waals surface area (Å²) < 4.78 is 25.1. The molecule has 9 nitrogen and oxygen atoms in total. The molecule has 0 spiro atoms. The van der Waals surface area contributed by atoms with Crippen LogP contribution in [-0.4, -0.2) is 56.5 Å². The molecule has 4 rings (SSSR count). The number of nitrogen functional groups attached to an aromatic ring is 1. The van der Waals surface area contributed by atoms with Gasteiger partial charge in [0.1, 0.15) is 5.82 Å². The van der Waals surface area contributed by atoms with E-state index in [2.05, 4.69) is 24.9 Å². The van der Waals surface area contributed by atoms with Gasteiger partial charge in [-0.15, -0.1) is 0 Å². The minimum atomic E-state index is -2.95. The SMILES string of the molecule is CC(C)CS(=O)(=O)N1CCCCC1.Nc1ncccc1-c1cnc2nc[nH]c2n1. The number of piperidine rings is 1. The van der Waals surface area contributed by atoms with Crippen molar-refractivity contribution in [3.63, 3.8) is 0 Å². The highest BCUT2D eigenvalue weighted by Gasteiger charge is 2.24. The zero-order valence-corrected chi connectivity index (χ0v) is 17.6. The van der Waals surface area contributed by atoms with E-state index in [-0.39, 0.29) is 5.92 Å². The van der Waals surface area contributed by atoms with Crippen molar-refractivity contribution >= 4 is 27.1 Å². The van der Waals surface area contributed by atoms with Crippen LogP contribution in [0.25, 0.3) is 22.6 Å². The second-order valence-corrected chi connectivity index (χ2v) is 9.41. The first-order chi connectivity index (χ1) is 13.9. The van der Waals surface area contributed by atoms with E-state index in [1.54, 1.807) is 23.0 Å². The number of rotatable bonds is 4. The molecule has 3 aromatic rings. The lowest BCUT2D eigenvalue weighted by atomic mass is 10.2. The van der Waals surface area contributed by atoms with Crippen molar-refractivity contribution in [1.82, 2.24) is 29.2 Å². The number of anilines is 1. The van der Waals surface area contributed by atoms with Crippen molar-refractivity contribution in [3.05, 3.63) is 30.9 Å². The maximum atomic E-state index is 11.7. The number of H-pyrrole nitrogens is 1. The molecule has 1 aliphatic rings. The number of hydrogen-bond acceptors (Lipinski definition) is 7. The highest BCUT2D eigenvalue weighted by Crippen LogP contribution is 2.21. The van der Waals surface area contributed by atoms with E-state index in [4.69, 9.17) is 5.73 Å². The van der Waals surface area contributed by atoms with E-state index in [0.29, 0.717) is 28.6 Å². The van der Waals surface area contributed by atoms with E-state index >= 15 is 0 Å². The Kier molecular flexibility index (Phi) is 6.75. The third kappa shape index (κ3) is 5.48. The molecule has 10 heteroatoms. The quantitative estimate of drug-likeness (QED) is 0.666. The van der Waals surface area contributed by atoms with Crippen molar-refractivity contribution in [2.75, 3.05) is 24.6 Å². The standard InChI is InChI=1S/C10H8N6.C9H19NO2S/c11-8-6(2-1-3-12-8)7-4-13-9-10(16-7)15-5-14-9;1-9(2)8-13(11,12)10-6-4-3-5-7-10/h1-5H,(H2,11,12)(H,13,14,15,16);9H,3-8H2,1-2H3. The largest absolute Gasteiger partial charge is 0.383 e. The molecule has 3 N–H and O–H groups in total. The molecule has 0 aromatic carbocycles. The molecule has 1 fully saturated rings. The second kappa shape index (κ2) is 9.27. The number of nitrogens with zero attached hydrogens (tertiary/aromatic N) is 5. The van der Waals surface area contributed by atoms with Crippen molar-refractivity contribution in [3.8, 4) is 11.3 Å². The Morgan fingerprint density at radius 1 is 1.17 bits per heavy atom. The highest BCUT2D eigenvalue weighted by molar-refractivity contribution is 7.89. The van der Waals surface area contributed by atoms with Crippen LogP contribution >= 0.6 is 0 Å². The van der Waals surface area contributed by atoms with E-state index in [0.717, 1.165) is 31.5 Å². The number of sulfonamides is 1. The summed E-state index contributed by atoms with van der Waals surface area (Å²) in [4.78, 5) is 19.4. The lowest BCUT2D eigenvalue weighted by Crippen LogP contribution is -2.38. The third-order valence-corrected chi connectivity index (χ3v) is 6.75. The number of pyridine rings is 1. The normalized spacial score (nSPS) is 15.3. The van der Waals surface area contributed by atoms with Gasteiger partial charge in [-0.1, -0.05) is 20.3 Å².